The van der Waals surface area contributed by atoms with Gasteiger partial charge in [0.05, 0.1) is 13.2 Å². The minimum atomic E-state index is -0.238. The van der Waals surface area contributed by atoms with Crippen LogP contribution in [0.25, 0.3) is 0 Å². The van der Waals surface area contributed by atoms with E-state index in [1.54, 1.807) is 0 Å². The second-order valence-electron chi connectivity index (χ2n) is 5.27. The van der Waals surface area contributed by atoms with Crippen molar-refractivity contribution in [1.82, 2.24) is 4.90 Å². The maximum absolute atomic E-state index is 5.90. The van der Waals surface area contributed by atoms with E-state index in [0.717, 1.165) is 39.1 Å². The Morgan fingerprint density at radius 2 is 1.67 bits per heavy atom. The van der Waals surface area contributed by atoms with E-state index in [1.807, 2.05) is 0 Å². The van der Waals surface area contributed by atoms with E-state index in [2.05, 4.69) is 25.7 Å². The number of nitrogens with zero attached hydrogens (tertiary/aromatic N) is 1. The van der Waals surface area contributed by atoms with E-state index in [4.69, 9.17) is 9.47 Å². The summed E-state index contributed by atoms with van der Waals surface area (Å²) in [6.45, 7) is 10.6. The van der Waals surface area contributed by atoms with Crippen molar-refractivity contribution in [2.45, 2.75) is 45.4 Å². The predicted octanol–water partition coefficient (Wildman–Crippen LogP) is 1.87. The van der Waals surface area contributed by atoms with Crippen molar-refractivity contribution < 1.29 is 9.47 Å². The third kappa shape index (κ3) is 2.52. The Bertz CT molecular complexity index is 200. The standard InChI is InChI=1S/C12H23NO2/c1-10(2)13-6-4-12(5-7-13)14-8-11(3)9-15-12/h10-11H,4-9H2,1-3H3. The fourth-order valence-electron chi connectivity index (χ4n) is 2.35. The molecule has 3 nitrogen and oxygen atoms in total. The van der Waals surface area contributed by atoms with Gasteiger partial charge in [0.2, 0.25) is 0 Å². The van der Waals surface area contributed by atoms with Crippen LogP contribution in [0.1, 0.15) is 33.6 Å². The fraction of sp³-hybridized carbons (Fsp3) is 1.00. The summed E-state index contributed by atoms with van der Waals surface area (Å²) >= 11 is 0. The molecular formula is C12H23NO2. The van der Waals surface area contributed by atoms with Crippen molar-refractivity contribution in [1.29, 1.82) is 0 Å². The molecule has 2 heterocycles. The van der Waals surface area contributed by atoms with Crippen LogP contribution < -0.4 is 0 Å². The number of ether oxygens (including phenoxy) is 2. The van der Waals surface area contributed by atoms with Gasteiger partial charge in [-0.25, -0.2) is 0 Å². The highest BCUT2D eigenvalue weighted by atomic mass is 16.7. The molecule has 2 aliphatic heterocycles. The first kappa shape index (κ1) is 11.4. The molecule has 0 saturated carbocycles. The van der Waals surface area contributed by atoms with Gasteiger partial charge in [0.1, 0.15) is 0 Å². The summed E-state index contributed by atoms with van der Waals surface area (Å²) in [5.41, 5.74) is 0. The molecule has 15 heavy (non-hydrogen) atoms. The van der Waals surface area contributed by atoms with Gasteiger partial charge in [-0.05, 0) is 13.8 Å². The number of piperidine rings is 1. The van der Waals surface area contributed by atoms with Crippen LogP contribution in [-0.4, -0.2) is 43.0 Å². The van der Waals surface area contributed by atoms with E-state index in [0.29, 0.717) is 12.0 Å². The molecule has 0 bridgehead atoms. The van der Waals surface area contributed by atoms with Gasteiger partial charge in [0.25, 0.3) is 0 Å². The number of likely N-dealkylation sites (tertiary alicyclic amines) is 1. The molecule has 2 fully saturated rings. The summed E-state index contributed by atoms with van der Waals surface area (Å²) in [5.74, 6) is 0.316. The van der Waals surface area contributed by atoms with Crippen LogP contribution in [0.5, 0.6) is 0 Å². The van der Waals surface area contributed by atoms with Gasteiger partial charge >= 0.3 is 0 Å². The van der Waals surface area contributed by atoms with Crippen LogP contribution in [0.4, 0.5) is 0 Å². The van der Waals surface area contributed by atoms with Crippen molar-refractivity contribution in [2.24, 2.45) is 5.92 Å². The van der Waals surface area contributed by atoms with Crippen LogP contribution >= 0.6 is 0 Å². The maximum atomic E-state index is 5.90. The summed E-state index contributed by atoms with van der Waals surface area (Å²) in [4.78, 5) is 2.50. The maximum Gasteiger partial charge on any atom is 0.170 e. The molecule has 0 N–H and O–H groups in total. The van der Waals surface area contributed by atoms with Crippen molar-refractivity contribution in [2.75, 3.05) is 26.3 Å². The lowest BCUT2D eigenvalue weighted by Gasteiger charge is -2.45. The van der Waals surface area contributed by atoms with Gasteiger partial charge in [0.15, 0.2) is 5.79 Å². The number of hydrogen-bond acceptors (Lipinski definition) is 3. The minimum Gasteiger partial charge on any atom is -0.349 e. The molecule has 0 aromatic rings. The van der Waals surface area contributed by atoms with Gasteiger partial charge in [-0.3, -0.25) is 0 Å². The van der Waals surface area contributed by atoms with Crippen molar-refractivity contribution >= 4 is 0 Å². The van der Waals surface area contributed by atoms with Crippen LogP contribution in [0.15, 0.2) is 0 Å². The summed E-state index contributed by atoms with van der Waals surface area (Å²) < 4.78 is 11.8. The quantitative estimate of drug-likeness (QED) is 0.663. The zero-order valence-electron chi connectivity index (χ0n) is 10.2. The lowest BCUT2D eigenvalue weighted by molar-refractivity contribution is -0.297. The van der Waals surface area contributed by atoms with Gasteiger partial charge in [0, 0.05) is 37.9 Å². The highest BCUT2D eigenvalue weighted by molar-refractivity contribution is 4.83. The molecule has 1 spiro atoms. The first-order chi connectivity index (χ1) is 7.11. The summed E-state index contributed by atoms with van der Waals surface area (Å²) in [5, 5.41) is 0. The van der Waals surface area contributed by atoms with Gasteiger partial charge in [-0.15, -0.1) is 0 Å². The third-order valence-electron chi connectivity index (χ3n) is 3.55. The first-order valence-electron chi connectivity index (χ1n) is 6.13. The lowest BCUT2D eigenvalue weighted by Crippen LogP contribution is -2.52. The molecule has 2 rings (SSSR count). The zero-order chi connectivity index (χ0) is 10.9. The van der Waals surface area contributed by atoms with Crippen molar-refractivity contribution in [3.63, 3.8) is 0 Å². The minimum absolute atomic E-state index is 0.238. The van der Waals surface area contributed by atoms with Crippen LogP contribution in [0, 0.1) is 5.92 Å². The van der Waals surface area contributed by atoms with E-state index in [-0.39, 0.29) is 5.79 Å². The molecule has 2 aliphatic rings. The van der Waals surface area contributed by atoms with Crippen LogP contribution in [0.2, 0.25) is 0 Å². The normalized spacial score (nSPS) is 28.8. The Hall–Kier alpha value is -0.120. The molecule has 3 heteroatoms. The molecule has 2 saturated heterocycles. The molecule has 88 valence electrons. The van der Waals surface area contributed by atoms with Gasteiger partial charge < -0.3 is 14.4 Å². The molecule has 0 aromatic heterocycles. The Kier molecular flexibility index (Phi) is 3.33. The van der Waals surface area contributed by atoms with E-state index in [9.17, 15) is 0 Å². The van der Waals surface area contributed by atoms with Gasteiger partial charge in [-0.1, -0.05) is 6.92 Å². The van der Waals surface area contributed by atoms with Crippen LogP contribution in [-0.2, 0) is 9.47 Å². The summed E-state index contributed by atoms with van der Waals surface area (Å²) in [6, 6.07) is 0.643. The highest BCUT2D eigenvalue weighted by Crippen LogP contribution is 2.32. The lowest BCUT2D eigenvalue weighted by atomic mass is 10.0. The molecule has 0 aromatic carbocycles. The number of hydrogen-bond donors (Lipinski definition) is 0. The van der Waals surface area contributed by atoms with Crippen molar-refractivity contribution in [3.8, 4) is 0 Å². The van der Waals surface area contributed by atoms with E-state index in [1.165, 1.54) is 0 Å². The highest BCUT2D eigenvalue weighted by Gasteiger charge is 2.39. The summed E-state index contributed by atoms with van der Waals surface area (Å²) in [6.07, 6.45) is 2.05. The first-order valence-corrected chi connectivity index (χ1v) is 6.13. The topological polar surface area (TPSA) is 21.7 Å². The Morgan fingerprint density at radius 1 is 1.13 bits per heavy atom. The predicted molar refractivity (Wildman–Crippen MR) is 59.7 cm³/mol. The van der Waals surface area contributed by atoms with Gasteiger partial charge in [-0.2, -0.15) is 0 Å². The zero-order valence-corrected chi connectivity index (χ0v) is 10.2. The largest absolute Gasteiger partial charge is 0.349 e. The molecule has 0 radical (unpaired) electrons. The molecule has 0 atom stereocenters. The average Bonchev–Trinajstić information content (AvgIpc) is 2.24. The molecule has 0 unspecified atom stereocenters. The third-order valence-corrected chi connectivity index (χ3v) is 3.55. The molecule has 0 aliphatic carbocycles. The average molecular weight is 213 g/mol. The fourth-order valence-corrected chi connectivity index (χ4v) is 2.35. The Labute approximate surface area is 92.7 Å². The SMILES string of the molecule is CC1COC2(CCN(C(C)C)CC2)OC1. The smallest absolute Gasteiger partial charge is 0.170 e. The second kappa shape index (κ2) is 4.40. The van der Waals surface area contributed by atoms with E-state index >= 15 is 0 Å². The second-order valence-corrected chi connectivity index (χ2v) is 5.27. The van der Waals surface area contributed by atoms with Crippen molar-refractivity contribution in [3.05, 3.63) is 0 Å². The Balaban J connectivity index is 1.86. The summed E-state index contributed by atoms with van der Waals surface area (Å²) in [7, 11) is 0. The molecular weight excluding hydrogens is 190 g/mol. The van der Waals surface area contributed by atoms with Crippen LogP contribution in [0.3, 0.4) is 0 Å². The molecule has 0 amide bonds. The number of rotatable bonds is 1. The monoisotopic (exact) mass is 213 g/mol. The Morgan fingerprint density at radius 3 is 2.13 bits per heavy atom. The van der Waals surface area contributed by atoms with E-state index < -0.39 is 0 Å².